The van der Waals surface area contributed by atoms with Crippen molar-refractivity contribution in [3.63, 3.8) is 0 Å². The molecule has 2 aromatic rings. The van der Waals surface area contributed by atoms with Gasteiger partial charge in [-0.15, -0.1) is 0 Å². The van der Waals surface area contributed by atoms with Crippen LogP contribution in [-0.2, 0) is 0 Å². The van der Waals surface area contributed by atoms with Gasteiger partial charge in [0.1, 0.15) is 0 Å². The van der Waals surface area contributed by atoms with E-state index in [1.54, 1.807) is 14.2 Å². The van der Waals surface area contributed by atoms with Gasteiger partial charge in [-0.25, -0.2) is 4.98 Å². The molecule has 0 spiro atoms. The van der Waals surface area contributed by atoms with E-state index in [1.165, 1.54) is 0 Å². The molecule has 0 amide bonds. The zero-order valence-corrected chi connectivity index (χ0v) is 12.2. The highest BCUT2D eigenvalue weighted by molar-refractivity contribution is 5.64. The van der Waals surface area contributed by atoms with Gasteiger partial charge in [-0.05, 0) is 38.1 Å². The van der Waals surface area contributed by atoms with Crippen molar-refractivity contribution in [2.75, 3.05) is 14.2 Å². The molecule has 0 unspecified atom stereocenters. The van der Waals surface area contributed by atoms with Gasteiger partial charge >= 0.3 is 0 Å². The Labute approximate surface area is 119 Å². The van der Waals surface area contributed by atoms with Gasteiger partial charge in [0.05, 0.1) is 26.0 Å². The molecule has 0 radical (unpaired) electrons. The summed E-state index contributed by atoms with van der Waals surface area (Å²) in [4.78, 5) is 4.42. The van der Waals surface area contributed by atoms with Crippen LogP contribution >= 0.6 is 0 Å². The van der Waals surface area contributed by atoms with Crippen LogP contribution in [0.25, 0.3) is 11.3 Å². The third kappa shape index (κ3) is 3.20. The fourth-order valence-corrected chi connectivity index (χ4v) is 1.87. The predicted molar refractivity (Wildman–Crippen MR) is 78.5 cm³/mol. The summed E-state index contributed by atoms with van der Waals surface area (Å²) in [5, 5.41) is 0. The number of rotatable bonds is 5. The largest absolute Gasteiger partial charge is 0.493 e. The Balaban J connectivity index is 2.41. The molecule has 1 heterocycles. The van der Waals surface area contributed by atoms with E-state index in [-0.39, 0.29) is 6.10 Å². The predicted octanol–water partition coefficient (Wildman–Crippen LogP) is 3.55. The third-order valence-corrected chi connectivity index (χ3v) is 2.75. The maximum atomic E-state index is 5.77. The number of nitrogens with zero attached hydrogens (tertiary/aromatic N) is 1. The molecule has 0 saturated heterocycles. The van der Waals surface area contributed by atoms with Crippen molar-refractivity contribution < 1.29 is 14.2 Å². The smallest absolute Gasteiger partial charge is 0.213 e. The molecule has 4 nitrogen and oxygen atoms in total. The molecule has 0 bridgehead atoms. The van der Waals surface area contributed by atoms with Crippen molar-refractivity contribution in [2.24, 2.45) is 0 Å². The second kappa shape index (κ2) is 6.28. The quantitative estimate of drug-likeness (QED) is 0.835. The maximum absolute atomic E-state index is 5.77. The molecule has 0 N–H and O–H groups in total. The molecule has 0 saturated carbocycles. The molecule has 2 rings (SSSR count). The van der Waals surface area contributed by atoms with Gasteiger partial charge in [0, 0.05) is 11.6 Å². The Morgan fingerprint density at radius 2 is 1.75 bits per heavy atom. The van der Waals surface area contributed by atoms with E-state index in [9.17, 15) is 0 Å². The van der Waals surface area contributed by atoms with Crippen molar-refractivity contribution in [2.45, 2.75) is 20.0 Å². The summed E-state index contributed by atoms with van der Waals surface area (Å²) in [5.41, 5.74) is 1.79. The highest BCUT2D eigenvalue weighted by Crippen LogP contribution is 2.33. The van der Waals surface area contributed by atoms with Gasteiger partial charge in [0.15, 0.2) is 11.5 Å². The second-order valence-electron chi connectivity index (χ2n) is 4.60. The average Bonchev–Trinajstić information content (AvgIpc) is 2.46. The SMILES string of the molecule is COc1cccc(-c2ccc(OC)c(OC(C)C)c2)n1. The van der Waals surface area contributed by atoms with E-state index in [2.05, 4.69) is 4.98 Å². The van der Waals surface area contributed by atoms with Crippen LogP contribution in [0.15, 0.2) is 36.4 Å². The summed E-state index contributed by atoms with van der Waals surface area (Å²) in [6, 6.07) is 11.4. The van der Waals surface area contributed by atoms with Gasteiger partial charge in [-0.1, -0.05) is 6.07 Å². The number of ether oxygens (including phenoxy) is 3. The van der Waals surface area contributed by atoms with Gasteiger partial charge in [0.2, 0.25) is 5.88 Å². The van der Waals surface area contributed by atoms with Crippen LogP contribution < -0.4 is 14.2 Å². The van der Waals surface area contributed by atoms with Crippen molar-refractivity contribution in [1.82, 2.24) is 4.98 Å². The standard InChI is InChI=1S/C16H19NO3/c1-11(2)20-15-10-12(8-9-14(15)18-3)13-6-5-7-16(17-13)19-4/h5-11H,1-4H3. The number of benzene rings is 1. The molecule has 4 heteroatoms. The van der Waals surface area contributed by atoms with E-state index in [0.717, 1.165) is 11.3 Å². The molecule has 106 valence electrons. The topological polar surface area (TPSA) is 40.6 Å². The van der Waals surface area contributed by atoms with Crippen molar-refractivity contribution in [3.8, 4) is 28.6 Å². The summed E-state index contributed by atoms with van der Waals surface area (Å²) in [6.45, 7) is 3.96. The highest BCUT2D eigenvalue weighted by atomic mass is 16.5. The van der Waals surface area contributed by atoms with Crippen molar-refractivity contribution in [3.05, 3.63) is 36.4 Å². The molecular formula is C16H19NO3. The van der Waals surface area contributed by atoms with Gasteiger partial charge in [-0.3, -0.25) is 0 Å². The Hall–Kier alpha value is -2.23. The summed E-state index contributed by atoms with van der Waals surface area (Å²) in [6.07, 6.45) is 0.0809. The summed E-state index contributed by atoms with van der Waals surface area (Å²) < 4.78 is 16.2. The summed E-state index contributed by atoms with van der Waals surface area (Å²) >= 11 is 0. The minimum Gasteiger partial charge on any atom is -0.493 e. The number of hydrogen-bond acceptors (Lipinski definition) is 4. The van der Waals surface area contributed by atoms with Crippen LogP contribution in [-0.4, -0.2) is 25.3 Å². The minimum absolute atomic E-state index is 0.0809. The number of aromatic nitrogens is 1. The summed E-state index contributed by atoms with van der Waals surface area (Å²) in [7, 11) is 3.24. The number of methoxy groups -OCH3 is 2. The van der Waals surface area contributed by atoms with Gasteiger partial charge in [0.25, 0.3) is 0 Å². The van der Waals surface area contributed by atoms with Crippen molar-refractivity contribution in [1.29, 1.82) is 0 Å². The molecule has 0 aliphatic heterocycles. The van der Waals surface area contributed by atoms with Crippen LogP contribution in [0.2, 0.25) is 0 Å². The number of hydrogen-bond donors (Lipinski definition) is 0. The molecule has 1 aromatic heterocycles. The van der Waals surface area contributed by atoms with Gasteiger partial charge < -0.3 is 14.2 Å². The molecule has 0 atom stereocenters. The fraction of sp³-hybridized carbons (Fsp3) is 0.312. The first-order chi connectivity index (χ1) is 9.63. The Bertz CT molecular complexity index is 582. The van der Waals surface area contributed by atoms with E-state index in [4.69, 9.17) is 14.2 Å². The Morgan fingerprint density at radius 3 is 2.40 bits per heavy atom. The van der Waals surface area contributed by atoms with E-state index >= 15 is 0 Å². The number of pyridine rings is 1. The lowest BCUT2D eigenvalue weighted by atomic mass is 10.1. The van der Waals surface area contributed by atoms with Crippen LogP contribution in [0, 0.1) is 0 Å². The van der Waals surface area contributed by atoms with Crippen LogP contribution in [0.5, 0.6) is 17.4 Å². The molecule has 1 aromatic carbocycles. The first kappa shape index (κ1) is 14.2. The zero-order chi connectivity index (χ0) is 14.5. The minimum atomic E-state index is 0.0809. The fourth-order valence-electron chi connectivity index (χ4n) is 1.87. The van der Waals surface area contributed by atoms with Crippen LogP contribution in [0.3, 0.4) is 0 Å². The lowest BCUT2D eigenvalue weighted by Gasteiger charge is -2.14. The third-order valence-electron chi connectivity index (χ3n) is 2.75. The van der Waals surface area contributed by atoms with Crippen molar-refractivity contribution >= 4 is 0 Å². The molecule has 0 aliphatic rings. The van der Waals surface area contributed by atoms with E-state index in [1.807, 2.05) is 50.2 Å². The van der Waals surface area contributed by atoms with Gasteiger partial charge in [-0.2, -0.15) is 0 Å². The Morgan fingerprint density at radius 1 is 0.950 bits per heavy atom. The maximum Gasteiger partial charge on any atom is 0.213 e. The molecule has 0 fully saturated rings. The first-order valence-electron chi connectivity index (χ1n) is 6.50. The second-order valence-corrected chi connectivity index (χ2v) is 4.60. The molecular weight excluding hydrogens is 254 g/mol. The average molecular weight is 273 g/mol. The lowest BCUT2D eigenvalue weighted by molar-refractivity contribution is 0.230. The zero-order valence-electron chi connectivity index (χ0n) is 12.2. The highest BCUT2D eigenvalue weighted by Gasteiger charge is 2.10. The molecule has 0 aliphatic carbocycles. The van der Waals surface area contributed by atoms with Crippen LogP contribution in [0.4, 0.5) is 0 Å². The van der Waals surface area contributed by atoms with E-state index < -0.39 is 0 Å². The Kier molecular flexibility index (Phi) is 4.45. The monoisotopic (exact) mass is 273 g/mol. The van der Waals surface area contributed by atoms with E-state index in [0.29, 0.717) is 17.4 Å². The summed E-state index contributed by atoms with van der Waals surface area (Å²) in [5.74, 6) is 2.01. The lowest BCUT2D eigenvalue weighted by Crippen LogP contribution is -2.06. The molecule has 20 heavy (non-hydrogen) atoms. The normalized spacial score (nSPS) is 10.4. The first-order valence-corrected chi connectivity index (χ1v) is 6.50. The van der Waals surface area contributed by atoms with Crippen LogP contribution in [0.1, 0.15) is 13.8 Å².